The molecule has 9 nitrogen and oxygen atoms in total. The Morgan fingerprint density at radius 3 is 2.28 bits per heavy atom. The Morgan fingerprint density at radius 1 is 0.868 bits per heavy atom. The number of phenols is 1. The van der Waals surface area contributed by atoms with E-state index in [1.165, 1.54) is 11.1 Å². The van der Waals surface area contributed by atoms with Gasteiger partial charge < -0.3 is 20.1 Å². The van der Waals surface area contributed by atoms with Crippen LogP contribution in [0.2, 0.25) is 0 Å². The second kappa shape index (κ2) is 16.5. The zero-order valence-electron chi connectivity index (χ0n) is 30.4. The standard InChI is InChI=1S/C44H48N4O5/c1-2-38(31-6-4-3-5-7-31)42(32-8-13-36(49)14-9-32)33-10-15-37(16-11-33)53-27-26-47-24-21-30(22-25-47)20-23-45-35-12-17-39-34(28-35)29-48(44(39)52)40-18-19-41(50)46-43(40)51/h3-17,28,30,40,45,49H,2,18-27,29H2,1H3,(H,46,50,51)/b42-38-. The number of aromatic hydroxyl groups is 1. The average Bonchev–Trinajstić information content (AvgIpc) is 3.50. The Kier molecular flexibility index (Phi) is 11.2. The number of hydrogen-bond acceptors (Lipinski definition) is 7. The number of nitrogens with one attached hydrogen (secondary N) is 2. The smallest absolute Gasteiger partial charge is 0.255 e. The van der Waals surface area contributed by atoms with Crippen molar-refractivity contribution in [1.82, 2.24) is 15.1 Å². The first-order chi connectivity index (χ1) is 25.9. The number of imide groups is 1. The van der Waals surface area contributed by atoms with Crippen molar-refractivity contribution in [3.8, 4) is 11.5 Å². The molecule has 7 rings (SSSR count). The highest BCUT2D eigenvalue weighted by atomic mass is 16.5. The molecule has 4 aromatic rings. The van der Waals surface area contributed by atoms with Crippen LogP contribution < -0.4 is 15.4 Å². The predicted octanol–water partition coefficient (Wildman–Crippen LogP) is 7.12. The van der Waals surface area contributed by atoms with Crippen LogP contribution >= 0.6 is 0 Å². The summed E-state index contributed by atoms with van der Waals surface area (Å²) in [5.41, 5.74) is 8.32. The van der Waals surface area contributed by atoms with E-state index >= 15 is 0 Å². The lowest BCUT2D eigenvalue weighted by Crippen LogP contribution is -2.52. The molecule has 274 valence electrons. The molecule has 0 saturated carbocycles. The zero-order valence-corrected chi connectivity index (χ0v) is 30.4. The molecule has 1 atom stereocenters. The van der Waals surface area contributed by atoms with Gasteiger partial charge in [-0.1, -0.05) is 61.5 Å². The second-order valence-corrected chi connectivity index (χ2v) is 14.3. The Labute approximate surface area is 311 Å². The summed E-state index contributed by atoms with van der Waals surface area (Å²) >= 11 is 0. The molecule has 0 aliphatic carbocycles. The normalized spacial score (nSPS) is 18.4. The maximum absolute atomic E-state index is 13.0. The number of anilines is 1. The number of nitrogens with zero attached hydrogens (tertiary/aromatic N) is 2. The Bertz CT molecular complexity index is 1950. The lowest BCUT2D eigenvalue weighted by molar-refractivity contribution is -0.136. The van der Waals surface area contributed by atoms with Gasteiger partial charge in [-0.2, -0.15) is 0 Å². The molecule has 0 bridgehead atoms. The van der Waals surface area contributed by atoms with Gasteiger partial charge in [-0.05, 0) is 127 Å². The Balaban J connectivity index is 0.858. The summed E-state index contributed by atoms with van der Waals surface area (Å²) in [6.07, 6.45) is 4.89. The molecule has 53 heavy (non-hydrogen) atoms. The van der Waals surface area contributed by atoms with E-state index < -0.39 is 6.04 Å². The summed E-state index contributed by atoms with van der Waals surface area (Å²) in [7, 11) is 0. The molecular weight excluding hydrogens is 665 g/mol. The fraction of sp³-hybridized carbons (Fsp3) is 0.341. The molecule has 3 aliphatic rings. The molecule has 4 aromatic carbocycles. The monoisotopic (exact) mass is 712 g/mol. The first-order valence-electron chi connectivity index (χ1n) is 18.9. The van der Waals surface area contributed by atoms with Crippen LogP contribution in [0.5, 0.6) is 11.5 Å². The largest absolute Gasteiger partial charge is 0.508 e. The minimum absolute atomic E-state index is 0.144. The number of piperidine rings is 2. The first-order valence-corrected chi connectivity index (χ1v) is 18.9. The number of fused-ring (bicyclic) bond motifs is 1. The number of hydrogen-bond donors (Lipinski definition) is 3. The fourth-order valence-electron chi connectivity index (χ4n) is 7.92. The van der Waals surface area contributed by atoms with Gasteiger partial charge in [-0.3, -0.25) is 24.6 Å². The van der Waals surface area contributed by atoms with Gasteiger partial charge >= 0.3 is 0 Å². The number of ether oxygens (including phenoxy) is 1. The fourth-order valence-corrected chi connectivity index (χ4v) is 7.92. The number of allylic oxidation sites excluding steroid dienone is 1. The SMILES string of the molecule is CC/C(=C(\c1ccc(O)cc1)c1ccc(OCCN2CCC(CCNc3ccc4c(c3)CN(C3CCC(=O)NC3=O)C4=O)CC2)cc1)c1ccccc1. The van der Waals surface area contributed by atoms with Crippen molar-refractivity contribution in [2.45, 2.75) is 58.0 Å². The number of amides is 3. The van der Waals surface area contributed by atoms with Gasteiger partial charge in [0, 0.05) is 37.3 Å². The molecular formula is C44H48N4O5. The van der Waals surface area contributed by atoms with E-state index in [-0.39, 0.29) is 29.9 Å². The van der Waals surface area contributed by atoms with Crippen molar-refractivity contribution >= 4 is 34.6 Å². The molecule has 3 aliphatic heterocycles. The van der Waals surface area contributed by atoms with Gasteiger partial charge in [-0.15, -0.1) is 0 Å². The van der Waals surface area contributed by atoms with E-state index in [0.717, 1.165) is 85.6 Å². The molecule has 2 saturated heterocycles. The van der Waals surface area contributed by atoms with Gasteiger partial charge in [0.1, 0.15) is 24.1 Å². The predicted molar refractivity (Wildman–Crippen MR) is 207 cm³/mol. The van der Waals surface area contributed by atoms with Crippen LogP contribution in [0.4, 0.5) is 5.69 Å². The summed E-state index contributed by atoms with van der Waals surface area (Å²) in [6.45, 7) is 7.08. The zero-order chi connectivity index (χ0) is 36.7. The molecule has 9 heteroatoms. The molecule has 1 unspecified atom stereocenters. The van der Waals surface area contributed by atoms with Crippen molar-refractivity contribution in [3.05, 3.63) is 125 Å². The Hall–Kier alpha value is -5.41. The highest BCUT2D eigenvalue weighted by Gasteiger charge is 2.39. The Morgan fingerprint density at radius 2 is 1.58 bits per heavy atom. The van der Waals surface area contributed by atoms with Gasteiger partial charge in [0.25, 0.3) is 5.91 Å². The molecule has 0 spiro atoms. The maximum Gasteiger partial charge on any atom is 0.255 e. The lowest BCUT2D eigenvalue weighted by Gasteiger charge is -2.32. The highest BCUT2D eigenvalue weighted by Crippen LogP contribution is 2.36. The van der Waals surface area contributed by atoms with Crippen molar-refractivity contribution in [1.29, 1.82) is 0 Å². The number of carbonyl (C=O) groups is 3. The summed E-state index contributed by atoms with van der Waals surface area (Å²) in [6, 6.07) is 31.5. The van der Waals surface area contributed by atoms with Gasteiger partial charge in [0.15, 0.2) is 0 Å². The van der Waals surface area contributed by atoms with E-state index in [9.17, 15) is 19.5 Å². The van der Waals surface area contributed by atoms with E-state index in [1.54, 1.807) is 17.0 Å². The molecule has 0 aromatic heterocycles. The number of phenolic OH excluding ortho intramolecular Hbond substituents is 1. The molecule has 0 radical (unpaired) electrons. The van der Waals surface area contributed by atoms with E-state index in [2.05, 4.69) is 71.0 Å². The van der Waals surface area contributed by atoms with Crippen LogP contribution in [-0.2, 0) is 16.1 Å². The van der Waals surface area contributed by atoms with Gasteiger partial charge in [0.2, 0.25) is 11.8 Å². The first kappa shape index (κ1) is 36.0. The third kappa shape index (κ3) is 8.47. The molecule has 3 heterocycles. The van der Waals surface area contributed by atoms with Crippen molar-refractivity contribution < 1.29 is 24.2 Å². The van der Waals surface area contributed by atoms with Gasteiger partial charge in [-0.25, -0.2) is 0 Å². The number of benzene rings is 4. The second-order valence-electron chi connectivity index (χ2n) is 14.3. The third-order valence-corrected chi connectivity index (χ3v) is 10.9. The van der Waals surface area contributed by atoms with Crippen LogP contribution in [0, 0.1) is 5.92 Å². The van der Waals surface area contributed by atoms with Crippen molar-refractivity contribution in [2.75, 3.05) is 38.1 Å². The minimum Gasteiger partial charge on any atom is -0.508 e. The maximum atomic E-state index is 13.0. The third-order valence-electron chi connectivity index (χ3n) is 10.9. The summed E-state index contributed by atoms with van der Waals surface area (Å²) in [5.74, 6) is 0.966. The quantitative estimate of drug-likeness (QED) is 0.100. The number of rotatable bonds is 13. The van der Waals surface area contributed by atoms with E-state index in [0.29, 0.717) is 31.1 Å². The van der Waals surface area contributed by atoms with Crippen molar-refractivity contribution in [2.24, 2.45) is 5.92 Å². The summed E-state index contributed by atoms with van der Waals surface area (Å²) < 4.78 is 6.21. The molecule has 3 N–H and O–H groups in total. The summed E-state index contributed by atoms with van der Waals surface area (Å²) in [4.78, 5) is 41.0. The van der Waals surface area contributed by atoms with Crippen LogP contribution in [-0.4, -0.2) is 71.5 Å². The van der Waals surface area contributed by atoms with Crippen LogP contribution in [0.25, 0.3) is 11.1 Å². The topological polar surface area (TPSA) is 111 Å². The molecule has 2 fully saturated rings. The summed E-state index contributed by atoms with van der Waals surface area (Å²) in [5, 5.41) is 15.8. The highest BCUT2D eigenvalue weighted by molar-refractivity contribution is 6.05. The number of likely N-dealkylation sites (tertiary alicyclic amines) is 1. The van der Waals surface area contributed by atoms with Gasteiger partial charge in [0.05, 0.1) is 0 Å². The van der Waals surface area contributed by atoms with Crippen LogP contribution in [0.3, 0.4) is 0 Å². The minimum atomic E-state index is -0.595. The molecule has 3 amide bonds. The van der Waals surface area contributed by atoms with E-state index in [4.69, 9.17) is 4.74 Å². The lowest BCUT2D eigenvalue weighted by atomic mass is 9.88. The van der Waals surface area contributed by atoms with E-state index in [1.807, 2.05) is 36.4 Å². The van der Waals surface area contributed by atoms with Crippen LogP contribution in [0.1, 0.15) is 78.1 Å². The number of carbonyl (C=O) groups excluding carboxylic acids is 3. The average molecular weight is 713 g/mol. The van der Waals surface area contributed by atoms with Crippen molar-refractivity contribution in [3.63, 3.8) is 0 Å². The van der Waals surface area contributed by atoms with Crippen LogP contribution in [0.15, 0.2) is 97.1 Å².